The van der Waals surface area contributed by atoms with Gasteiger partial charge in [0.25, 0.3) is 11.8 Å². The largest absolute Gasteiger partial charge is 0.493 e. The van der Waals surface area contributed by atoms with Crippen LogP contribution in [0.15, 0.2) is 30.3 Å². The van der Waals surface area contributed by atoms with Crippen molar-refractivity contribution in [2.24, 2.45) is 0 Å². The van der Waals surface area contributed by atoms with Crippen molar-refractivity contribution >= 4 is 27.3 Å². The second kappa shape index (κ2) is 7.94. The summed E-state index contributed by atoms with van der Waals surface area (Å²) in [5.74, 6) is -2.22. The van der Waals surface area contributed by atoms with Gasteiger partial charge in [0, 0.05) is 6.26 Å². The highest BCUT2D eigenvalue weighted by Gasteiger charge is 2.43. The molecule has 1 aliphatic rings. The Hall–Kier alpha value is -3.14. The number of carbonyl (C=O) groups is 2. The molecule has 1 aliphatic heterocycles. The predicted molar refractivity (Wildman–Crippen MR) is 108 cm³/mol. The van der Waals surface area contributed by atoms with Gasteiger partial charge < -0.3 is 15.2 Å². The zero-order valence-electron chi connectivity index (χ0n) is 16.6. The number of imide groups is 1. The van der Waals surface area contributed by atoms with E-state index < -0.39 is 45.0 Å². The van der Waals surface area contributed by atoms with Crippen molar-refractivity contribution in [1.82, 2.24) is 4.90 Å². The monoisotopic (exact) mass is 436 g/mol. The normalized spacial score (nSPS) is 14.6. The molecule has 10 heteroatoms. The standard InChI is InChI=1S/C20H21FN2O6S/c1-4-29-16-9-11(5-8-15(16)28-2)14(10-30(3,26)27)23-19(24)12-6-7-13(21)18(22)17(12)20(23)25/h5-9,14H,4,10,22H2,1-3H3. The van der Waals surface area contributed by atoms with Gasteiger partial charge in [-0.25, -0.2) is 12.8 Å². The molecule has 160 valence electrons. The van der Waals surface area contributed by atoms with Gasteiger partial charge in [-0.3, -0.25) is 14.5 Å². The summed E-state index contributed by atoms with van der Waals surface area (Å²) >= 11 is 0. The Morgan fingerprint density at radius 1 is 1.13 bits per heavy atom. The van der Waals surface area contributed by atoms with Crippen LogP contribution in [0.4, 0.5) is 10.1 Å². The van der Waals surface area contributed by atoms with E-state index in [-0.39, 0.29) is 11.1 Å². The minimum Gasteiger partial charge on any atom is -0.493 e. The number of carbonyl (C=O) groups excluding carboxylic acids is 2. The number of amides is 2. The Balaban J connectivity index is 2.15. The lowest BCUT2D eigenvalue weighted by Gasteiger charge is -2.26. The first-order valence-corrected chi connectivity index (χ1v) is 11.1. The van der Waals surface area contributed by atoms with E-state index in [1.807, 2.05) is 0 Å². The number of nitrogens with zero attached hydrogens (tertiary/aromatic N) is 1. The molecule has 2 aromatic carbocycles. The third kappa shape index (κ3) is 3.82. The minimum atomic E-state index is -3.63. The molecule has 1 unspecified atom stereocenters. The Morgan fingerprint density at radius 3 is 2.43 bits per heavy atom. The molecule has 0 saturated carbocycles. The third-order valence-electron chi connectivity index (χ3n) is 4.72. The number of anilines is 1. The second-order valence-electron chi connectivity index (χ2n) is 6.82. The van der Waals surface area contributed by atoms with E-state index in [0.717, 1.165) is 17.2 Å². The van der Waals surface area contributed by atoms with Crippen molar-refractivity contribution in [1.29, 1.82) is 0 Å². The number of methoxy groups -OCH3 is 1. The summed E-state index contributed by atoms with van der Waals surface area (Å²) in [6.07, 6.45) is 0.999. The van der Waals surface area contributed by atoms with Crippen LogP contribution < -0.4 is 15.2 Å². The molecule has 0 spiro atoms. The molecule has 2 N–H and O–H groups in total. The lowest BCUT2D eigenvalue weighted by atomic mass is 10.1. The van der Waals surface area contributed by atoms with Crippen LogP contribution in [0.3, 0.4) is 0 Å². The molecular formula is C20H21FN2O6S. The first kappa shape index (κ1) is 21.6. The third-order valence-corrected chi connectivity index (χ3v) is 5.64. The number of nitrogen functional groups attached to an aromatic ring is 1. The molecule has 30 heavy (non-hydrogen) atoms. The lowest BCUT2D eigenvalue weighted by molar-refractivity contribution is 0.0597. The van der Waals surface area contributed by atoms with Crippen LogP contribution in [0.25, 0.3) is 0 Å². The van der Waals surface area contributed by atoms with Gasteiger partial charge in [-0.2, -0.15) is 0 Å². The first-order chi connectivity index (χ1) is 14.1. The van der Waals surface area contributed by atoms with E-state index in [1.165, 1.54) is 19.2 Å². The van der Waals surface area contributed by atoms with E-state index in [2.05, 4.69) is 0 Å². The van der Waals surface area contributed by atoms with Gasteiger partial charge in [0.1, 0.15) is 15.7 Å². The molecule has 2 aromatic rings. The molecule has 0 bridgehead atoms. The number of fused-ring (bicyclic) bond motifs is 1. The van der Waals surface area contributed by atoms with Crippen LogP contribution in [-0.2, 0) is 9.84 Å². The van der Waals surface area contributed by atoms with E-state index in [1.54, 1.807) is 19.1 Å². The summed E-state index contributed by atoms with van der Waals surface area (Å²) in [5, 5.41) is 0. The lowest BCUT2D eigenvalue weighted by Crippen LogP contribution is -2.37. The summed E-state index contributed by atoms with van der Waals surface area (Å²) in [6, 6.07) is 5.62. The maximum absolute atomic E-state index is 13.9. The van der Waals surface area contributed by atoms with Gasteiger partial charge >= 0.3 is 0 Å². The van der Waals surface area contributed by atoms with Gasteiger partial charge in [-0.1, -0.05) is 6.07 Å². The number of rotatable bonds is 7. The number of nitrogens with two attached hydrogens (primary N) is 1. The summed E-state index contributed by atoms with van der Waals surface area (Å²) in [6.45, 7) is 2.08. The summed E-state index contributed by atoms with van der Waals surface area (Å²) < 4.78 is 48.9. The zero-order valence-corrected chi connectivity index (χ0v) is 17.5. The summed E-state index contributed by atoms with van der Waals surface area (Å²) in [5.41, 5.74) is 5.24. The quantitative estimate of drug-likeness (QED) is 0.522. The Bertz CT molecular complexity index is 1130. The van der Waals surface area contributed by atoms with E-state index in [9.17, 15) is 22.4 Å². The van der Waals surface area contributed by atoms with Crippen molar-refractivity contribution in [3.8, 4) is 11.5 Å². The summed E-state index contributed by atoms with van der Waals surface area (Å²) in [4.78, 5) is 26.8. The number of ether oxygens (including phenoxy) is 2. The fraction of sp³-hybridized carbons (Fsp3) is 0.300. The van der Waals surface area contributed by atoms with E-state index >= 15 is 0 Å². The average molecular weight is 436 g/mol. The highest BCUT2D eigenvalue weighted by molar-refractivity contribution is 7.90. The predicted octanol–water partition coefficient (Wildman–Crippen LogP) is 2.20. The molecule has 0 saturated heterocycles. The Morgan fingerprint density at radius 2 is 1.83 bits per heavy atom. The van der Waals surface area contributed by atoms with Crippen LogP contribution in [0.5, 0.6) is 11.5 Å². The van der Waals surface area contributed by atoms with Gasteiger partial charge in [-0.15, -0.1) is 0 Å². The molecule has 0 fully saturated rings. The smallest absolute Gasteiger partial charge is 0.264 e. The summed E-state index contributed by atoms with van der Waals surface area (Å²) in [7, 11) is -2.17. The molecule has 1 atom stereocenters. The number of benzene rings is 2. The Kier molecular flexibility index (Phi) is 5.71. The molecule has 0 aliphatic carbocycles. The highest BCUT2D eigenvalue weighted by atomic mass is 32.2. The van der Waals surface area contributed by atoms with Crippen LogP contribution in [0.1, 0.15) is 39.2 Å². The highest BCUT2D eigenvalue weighted by Crippen LogP contribution is 2.38. The van der Waals surface area contributed by atoms with Crippen molar-refractivity contribution in [2.45, 2.75) is 13.0 Å². The fourth-order valence-corrected chi connectivity index (χ4v) is 4.32. The maximum atomic E-state index is 13.9. The van der Waals surface area contributed by atoms with Crippen LogP contribution in [0, 0.1) is 5.82 Å². The van der Waals surface area contributed by atoms with Gasteiger partial charge in [0.2, 0.25) is 0 Å². The first-order valence-electron chi connectivity index (χ1n) is 9.03. The number of hydrogen-bond acceptors (Lipinski definition) is 7. The van der Waals surface area contributed by atoms with Crippen molar-refractivity contribution in [3.05, 3.63) is 52.8 Å². The molecule has 2 amide bonds. The average Bonchev–Trinajstić information content (AvgIpc) is 2.93. The van der Waals surface area contributed by atoms with Gasteiger partial charge in [-0.05, 0) is 36.8 Å². The van der Waals surface area contributed by atoms with E-state index in [4.69, 9.17) is 15.2 Å². The molecule has 0 aromatic heterocycles. The van der Waals surface area contributed by atoms with Crippen molar-refractivity contribution in [3.63, 3.8) is 0 Å². The van der Waals surface area contributed by atoms with Gasteiger partial charge in [0.05, 0.1) is 42.3 Å². The molecule has 1 heterocycles. The topological polar surface area (TPSA) is 116 Å². The maximum Gasteiger partial charge on any atom is 0.264 e. The van der Waals surface area contributed by atoms with Crippen LogP contribution >= 0.6 is 0 Å². The Labute approximate surface area is 173 Å². The zero-order chi connectivity index (χ0) is 22.2. The number of sulfone groups is 1. The van der Waals surface area contributed by atoms with Crippen LogP contribution in [0.2, 0.25) is 0 Å². The second-order valence-corrected chi connectivity index (χ2v) is 9.00. The molecular weight excluding hydrogens is 415 g/mol. The fourth-order valence-electron chi connectivity index (χ4n) is 3.40. The SMILES string of the molecule is CCOc1cc(C(CS(C)(=O)=O)N2C(=O)c3ccc(F)c(N)c3C2=O)ccc1OC. The molecule has 8 nitrogen and oxygen atoms in total. The molecule has 3 rings (SSSR count). The van der Waals surface area contributed by atoms with Crippen molar-refractivity contribution in [2.75, 3.05) is 31.5 Å². The van der Waals surface area contributed by atoms with E-state index in [0.29, 0.717) is 23.7 Å². The molecule has 0 radical (unpaired) electrons. The minimum absolute atomic E-state index is 0.0732. The van der Waals surface area contributed by atoms with Crippen molar-refractivity contribution < 1.29 is 31.9 Å². The number of halogens is 1. The van der Waals surface area contributed by atoms with Crippen LogP contribution in [-0.4, -0.2) is 50.9 Å². The van der Waals surface area contributed by atoms with Gasteiger partial charge in [0.15, 0.2) is 11.5 Å². The number of hydrogen-bond donors (Lipinski definition) is 1.